The number of hydrogen-bond donors (Lipinski definition) is 3. The quantitative estimate of drug-likeness (QED) is 0.778. The maximum absolute atomic E-state index is 12.2. The van der Waals surface area contributed by atoms with Gasteiger partial charge in [0, 0.05) is 17.4 Å². The zero-order valence-electron chi connectivity index (χ0n) is 14.2. The summed E-state index contributed by atoms with van der Waals surface area (Å²) >= 11 is 0. The van der Waals surface area contributed by atoms with E-state index in [2.05, 4.69) is 22.9 Å². The third kappa shape index (κ3) is 4.86. The standard InChI is InChI=1S/C19H23N3O3/c1-13-5-7-15(8-6-13)21-19(24)22-17-4-2-3-16(11-17)20-18(23)14-9-10-25-12-14/h2-4,9-13,15H,5-8H2,1H3,(H,20,23)(H2,21,22,24). The van der Waals surface area contributed by atoms with Gasteiger partial charge in [0.1, 0.15) is 6.26 Å². The van der Waals surface area contributed by atoms with Crippen molar-refractivity contribution >= 4 is 23.3 Å². The second kappa shape index (κ2) is 7.88. The molecule has 1 heterocycles. The van der Waals surface area contributed by atoms with E-state index in [4.69, 9.17) is 4.42 Å². The maximum atomic E-state index is 12.2. The molecule has 0 spiro atoms. The molecule has 132 valence electrons. The first kappa shape index (κ1) is 17.1. The lowest BCUT2D eigenvalue weighted by Crippen LogP contribution is -2.39. The number of amides is 3. The number of furan rings is 1. The van der Waals surface area contributed by atoms with E-state index in [0.29, 0.717) is 16.9 Å². The number of carbonyl (C=O) groups excluding carboxylic acids is 2. The molecule has 1 fully saturated rings. The van der Waals surface area contributed by atoms with Crippen molar-refractivity contribution in [3.63, 3.8) is 0 Å². The molecule has 3 amide bonds. The van der Waals surface area contributed by atoms with Gasteiger partial charge >= 0.3 is 6.03 Å². The molecule has 1 aromatic carbocycles. The third-order valence-electron chi connectivity index (χ3n) is 4.51. The van der Waals surface area contributed by atoms with Gasteiger partial charge in [0.05, 0.1) is 11.8 Å². The number of nitrogens with one attached hydrogen (secondary N) is 3. The second-order valence-electron chi connectivity index (χ2n) is 6.60. The van der Waals surface area contributed by atoms with Gasteiger partial charge < -0.3 is 20.4 Å². The molecule has 0 bridgehead atoms. The SMILES string of the molecule is CC1CCC(NC(=O)Nc2cccc(NC(=O)c3ccoc3)c2)CC1. The highest BCUT2D eigenvalue weighted by molar-refractivity contribution is 6.04. The lowest BCUT2D eigenvalue weighted by Gasteiger charge is -2.26. The van der Waals surface area contributed by atoms with Crippen LogP contribution in [0.1, 0.15) is 43.0 Å². The average Bonchev–Trinajstić information content (AvgIpc) is 3.12. The van der Waals surface area contributed by atoms with Crippen molar-refractivity contribution in [3.05, 3.63) is 48.4 Å². The van der Waals surface area contributed by atoms with Crippen LogP contribution in [0.25, 0.3) is 0 Å². The van der Waals surface area contributed by atoms with Crippen LogP contribution in [0, 0.1) is 5.92 Å². The van der Waals surface area contributed by atoms with E-state index >= 15 is 0 Å². The van der Waals surface area contributed by atoms with Crippen molar-refractivity contribution < 1.29 is 14.0 Å². The summed E-state index contributed by atoms with van der Waals surface area (Å²) in [4.78, 5) is 24.2. The van der Waals surface area contributed by atoms with Gasteiger partial charge in [-0.05, 0) is 55.9 Å². The molecule has 25 heavy (non-hydrogen) atoms. The fourth-order valence-electron chi connectivity index (χ4n) is 3.03. The van der Waals surface area contributed by atoms with Crippen molar-refractivity contribution in [2.24, 2.45) is 5.92 Å². The van der Waals surface area contributed by atoms with Crippen LogP contribution >= 0.6 is 0 Å². The van der Waals surface area contributed by atoms with E-state index < -0.39 is 0 Å². The molecule has 0 radical (unpaired) electrons. The maximum Gasteiger partial charge on any atom is 0.319 e. The van der Waals surface area contributed by atoms with Gasteiger partial charge in [0.15, 0.2) is 0 Å². The number of urea groups is 1. The number of hydrogen-bond acceptors (Lipinski definition) is 3. The van der Waals surface area contributed by atoms with Gasteiger partial charge in [0.2, 0.25) is 0 Å². The molecule has 0 saturated heterocycles. The zero-order chi connectivity index (χ0) is 17.6. The molecule has 1 aromatic heterocycles. The van der Waals surface area contributed by atoms with Gasteiger partial charge in [-0.15, -0.1) is 0 Å². The fourth-order valence-corrected chi connectivity index (χ4v) is 3.03. The van der Waals surface area contributed by atoms with Crippen LogP contribution in [-0.2, 0) is 0 Å². The van der Waals surface area contributed by atoms with E-state index in [1.165, 1.54) is 12.5 Å². The Morgan fingerprint density at radius 3 is 2.44 bits per heavy atom. The molecular formula is C19H23N3O3. The van der Waals surface area contributed by atoms with Crippen LogP contribution in [0.3, 0.4) is 0 Å². The Kier molecular flexibility index (Phi) is 5.38. The zero-order valence-corrected chi connectivity index (χ0v) is 14.2. The summed E-state index contributed by atoms with van der Waals surface area (Å²) in [6.45, 7) is 2.25. The predicted octanol–water partition coefficient (Wildman–Crippen LogP) is 4.23. The molecule has 1 saturated carbocycles. The minimum absolute atomic E-state index is 0.210. The van der Waals surface area contributed by atoms with Gasteiger partial charge in [-0.25, -0.2) is 4.79 Å². The van der Waals surface area contributed by atoms with Crippen molar-refractivity contribution in [1.29, 1.82) is 0 Å². The van der Waals surface area contributed by atoms with Gasteiger partial charge in [-0.1, -0.05) is 13.0 Å². The summed E-state index contributed by atoms with van der Waals surface area (Å²) in [6, 6.07) is 8.68. The minimum Gasteiger partial charge on any atom is -0.472 e. The number of anilines is 2. The first-order valence-corrected chi connectivity index (χ1v) is 8.61. The number of carbonyl (C=O) groups is 2. The smallest absolute Gasteiger partial charge is 0.319 e. The summed E-state index contributed by atoms with van der Waals surface area (Å²) in [7, 11) is 0. The Labute approximate surface area is 147 Å². The minimum atomic E-state index is -0.258. The summed E-state index contributed by atoms with van der Waals surface area (Å²) in [5, 5.41) is 8.62. The van der Waals surface area contributed by atoms with Gasteiger partial charge in [-0.3, -0.25) is 4.79 Å². The van der Waals surface area contributed by atoms with Crippen molar-refractivity contribution in [3.8, 4) is 0 Å². The van der Waals surface area contributed by atoms with Gasteiger partial charge in [0.25, 0.3) is 5.91 Å². The van der Waals surface area contributed by atoms with E-state index in [1.54, 1.807) is 30.3 Å². The first-order chi connectivity index (χ1) is 12.1. The van der Waals surface area contributed by atoms with Crippen LogP contribution < -0.4 is 16.0 Å². The Bertz CT molecular complexity index is 719. The van der Waals surface area contributed by atoms with Crippen LogP contribution in [0.5, 0.6) is 0 Å². The van der Waals surface area contributed by atoms with Gasteiger partial charge in [-0.2, -0.15) is 0 Å². The fraction of sp³-hybridized carbons (Fsp3) is 0.368. The van der Waals surface area contributed by atoms with Crippen LogP contribution in [0.2, 0.25) is 0 Å². The topological polar surface area (TPSA) is 83.4 Å². The third-order valence-corrected chi connectivity index (χ3v) is 4.51. The highest BCUT2D eigenvalue weighted by Gasteiger charge is 2.19. The van der Waals surface area contributed by atoms with Crippen molar-refractivity contribution in [2.75, 3.05) is 10.6 Å². The van der Waals surface area contributed by atoms with Crippen LogP contribution in [0.4, 0.5) is 16.2 Å². The van der Waals surface area contributed by atoms with Crippen LogP contribution in [0.15, 0.2) is 47.3 Å². The monoisotopic (exact) mass is 341 g/mol. The average molecular weight is 341 g/mol. The highest BCUT2D eigenvalue weighted by atomic mass is 16.3. The molecule has 3 N–H and O–H groups in total. The molecule has 1 aliphatic carbocycles. The highest BCUT2D eigenvalue weighted by Crippen LogP contribution is 2.23. The van der Waals surface area contributed by atoms with Crippen molar-refractivity contribution in [2.45, 2.75) is 38.6 Å². The summed E-state index contributed by atoms with van der Waals surface area (Å²) in [5.41, 5.74) is 1.68. The van der Waals surface area contributed by atoms with E-state index in [9.17, 15) is 9.59 Å². The Morgan fingerprint density at radius 2 is 1.76 bits per heavy atom. The van der Waals surface area contributed by atoms with Crippen LogP contribution in [-0.4, -0.2) is 18.0 Å². The Hall–Kier alpha value is -2.76. The van der Waals surface area contributed by atoms with E-state index in [-0.39, 0.29) is 18.0 Å². The molecule has 1 aliphatic rings. The lowest BCUT2D eigenvalue weighted by atomic mass is 9.87. The summed E-state index contributed by atoms with van der Waals surface area (Å²) in [6.07, 6.45) is 7.19. The largest absolute Gasteiger partial charge is 0.472 e. The molecular weight excluding hydrogens is 318 g/mol. The molecule has 0 atom stereocenters. The lowest BCUT2D eigenvalue weighted by molar-refractivity contribution is 0.102. The number of rotatable bonds is 4. The normalized spacial score (nSPS) is 19.9. The first-order valence-electron chi connectivity index (χ1n) is 8.61. The molecule has 6 heteroatoms. The molecule has 2 aromatic rings. The second-order valence-corrected chi connectivity index (χ2v) is 6.60. The predicted molar refractivity (Wildman–Crippen MR) is 96.7 cm³/mol. The molecule has 6 nitrogen and oxygen atoms in total. The Morgan fingerprint density at radius 1 is 1.04 bits per heavy atom. The number of benzene rings is 1. The van der Waals surface area contributed by atoms with E-state index in [0.717, 1.165) is 31.6 Å². The summed E-state index contributed by atoms with van der Waals surface area (Å²) < 4.78 is 4.90. The molecule has 0 aliphatic heterocycles. The Balaban J connectivity index is 1.54. The molecule has 3 rings (SSSR count). The van der Waals surface area contributed by atoms with E-state index in [1.807, 2.05) is 0 Å². The molecule has 0 unspecified atom stereocenters. The van der Waals surface area contributed by atoms with Crippen molar-refractivity contribution in [1.82, 2.24) is 5.32 Å². The summed E-state index contributed by atoms with van der Waals surface area (Å²) in [5.74, 6) is 0.489.